The summed E-state index contributed by atoms with van der Waals surface area (Å²) in [6, 6.07) is 4.29. The van der Waals surface area contributed by atoms with E-state index in [9.17, 15) is 8.78 Å². The fourth-order valence-corrected chi connectivity index (χ4v) is 1.80. The van der Waals surface area contributed by atoms with Crippen molar-refractivity contribution in [3.8, 4) is 0 Å². The lowest BCUT2D eigenvalue weighted by Gasteiger charge is -2.21. The van der Waals surface area contributed by atoms with Gasteiger partial charge in [0.15, 0.2) is 0 Å². The van der Waals surface area contributed by atoms with E-state index in [1.807, 2.05) is 6.92 Å². The lowest BCUT2D eigenvalue weighted by molar-refractivity contribution is 0.388. The van der Waals surface area contributed by atoms with E-state index < -0.39 is 11.6 Å². The number of halogens is 2. The van der Waals surface area contributed by atoms with Crippen molar-refractivity contribution in [1.82, 2.24) is 5.32 Å². The highest BCUT2D eigenvalue weighted by Crippen LogP contribution is 2.18. The Morgan fingerprint density at radius 1 is 1.18 bits per heavy atom. The molecule has 0 radical (unpaired) electrons. The van der Waals surface area contributed by atoms with Gasteiger partial charge in [0.1, 0.15) is 11.6 Å². The predicted octanol–water partition coefficient (Wildman–Crippen LogP) is 3.53. The number of hydrogen-bond acceptors (Lipinski definition) is 1. The second-order valence-corrected chi connectivity index (χ2v) is 4.62. The third-order valence-corrected chi connectivity index (χ3v) is 3.16. The fourth-order valence-electron chi connectivity index (χ4n) is 1.80. The molecule has 2 atom stereocenters. The zero-order valence-electron chi connectivity index (χ0n) is 10.8. The molecule has 0 amide bonds. The first-order valence-electron chi connectivity index (χ1n) is 6.22. The lowest BCUT2D eigenvalue weighted by Crippen LogP contribution is -2.33. The van der Waals surface area contributed by atoms with Crippen LogP contribution in [0.1, 0.15) is 32.8 Å². The summed E-state index contributed by atoms with van der Waals surface area (Å²) < 4.78 is 26.9. The molecule has 1 N–H and O–H groups in total. The Morgan fingerprint density at radius 2 is 1.76 bits per heavy atom. The van der Waals surface area contributed by atoms with E-state index in [0.717, 1.165) is 13.0 Å². The molecule has 0 saturated heterocycles. The highest BCUT2D eigenvalue weighted by atomic mass is 19.1. The molecule has 0 heterocycles. The maximum Gasteiger partial charge on any atom is 0.129 e. The summed E-state index contributed by atoms with van der Waals surface area (Å²) in [5.74, 6) is -0.688. The maximum absolute atomic E-state index is 13.5. The monoisotopic (exact) mass is 241 g/mol. The van der Waals surface area contributed by atoms with Crippen LogP contribution < -0.4 is 5.32 Å². The minimum atomic E-state index is -0.445. The van der Waals surface area contributed by atoms with Crippen molar-refractivity contribution >= 4 is 0 Å². The fraction of sp³-hybridized carbons (Fsp3) is 0.571. The molecule has 0 aliphatic rings. The molecule has 96 valence electrons. The Labute approximate surface area is 102 Å². The van der Waals surface area contributed by atoms with Crippen LogP contribution in [0.15, 0.2) is 18.2 Å². The van der Waals surface area contributed by atoms with E-state index in [0.29, 0.717) is 6.42 Å². The Balaban J connectivity index is 2.64. The molecule has 0 aromatic heterocycles. The quantitative estimate of drug-likeness (QED) is 0.803. The van der Waals surface area contributed by atoms with Crippen molar-refractivity contribution in [2.75, 3.05) is 6.54 Å². The van der Waals surface area contributed by atoms with Crippen LogP contribution in [-0.2, 0) is 6.42 Å². The van der Waals surface area contributed by atoms with E-state index in [2.05, 4.69) is 19.2 Å². The van der Waals surface area contributed by atoms with Crippen molar-refractivity contribution in [3.63, 3.8) is 0 Å². The van der Waals surface area contributed by atoms with Crippen LogP contribution in [-0.4, -0.2) is 12.6 Å². The molecule has 1 aromatic carbocycles. The first-order chi connectivity index (χ1) is 8.06. The topological polar surface area (TPSA) is 12.0 Å². The lowest BCUT2D eigenvalue weighted by atomic mass is 9.94. The molecule has 3 heteroatoms. The Morgan fingerprint density at radius 3 is 2.29 bits per heavy atom. The van der Waals surface area contributed by atoms with Crippen molar-refractivity contribution < 1.29 is 8.78 Å². The molecule has 0 bridgehead atoms. The first kappa shape index (κ1) is 14.1. The summed E-state index contributed by atoms with van der Waals surface area (Å²) in [7, 11) is 0. The molecule has 0 spiro atoms. The summed E-state index contributed by atoms with van der Waals surface area (Å²) in [4.78, 5) is 0. The number of nitrogens with one attached hydrogen (secondary N) is 1. The normalized spacial score (nSPS) is 14.6. The molecule has 1 rings (SSSR count). The van der Waals surface area contributed by atoms with Gasteiger partial charge >= 0.3 is 0 Å². The van der Waals surface area contributed by atoms with Gasteiger partial charge in [0.2, 0.25) is 0 Å². The van der Waals surface area contributed by atoms with Crippen molar-refractivity contribution in [2.45, 2.75) is 39.7 Å². The van der Waals surface area contributed by atoms with Gasteiger partial charge < -0.3 is 5.32 Å². The molecule has 1 aromatic rings. The average Bonchev–Trinajstić information content (AvgIpc) is 2.30. The van der Waals surface area contributed by atoms with E-state index in [1.165, 1.54) is 18.2 Å². The van der Waals surface area contributed by atoms with Crippen LogP contribution in [0.5, 0.6) is 0 Å². The van der Waals surface area contributed by atoms with Gasteiger partial charge in [-0.25, -0.2) is 8.78 Å². The summed E-state index contributed by atoms with van der Waals surface area (Å²) in [6.07, 6.45) is 1.49. The molecule has 0 aliphatic carbocycles. The van der Waals surface area contributed by atoms with Crippen LogP contribution in [0.4, 0.5) is 8.78 Å². The van der Waals surface area contributed by atoms with Crippen LogP contribution in [0.25, 0.3) is 0 Å². The van der Waals surface area contributed by atoms with E-state index in [4.69, 9.17) is 0 Å². The van der Waals surface area contributed by atoms with Gasteiger partial charge in [-0.2, -0.15) is 0 Å². The third-order valence-electron chi connectivity index (χ3n) is 3.16. The van der Waals surface area contributed by atoms with E-state index in [1.54, 1.807) is 0 Å². The van der Waals surface area contributed by atoms with Crippen molar-refractivity contribution in [2.24, 2.45) is 5.92 Å². The minimum absolute atomic E-state index is 0.199. The second kappa shape index (κ2) is 6.70. The van der Waals surface area contributed by atoms with Crippen LogP contribution >= 0.6 is 0 Å². The molecule has 0 saturated carbocycles. The van der Waals surface area contributed by atoms with E-state index in [-0.39, 0.29) is 17.5 Å². The van der Waals surface area contributed by atoms with Gasteiger partial charge in [-0.15, -0.1) is 0 Å². The number of rotatable bonds is 6. The second-order valence-electron chi connectivity index (χ2n) is 4.62. The Hall–Kier alpha value is -0.960. The van der Waals surface area contributed by atoms with Crippen LogP contribution in [0.3, 0.4) is 0 Å². The van der Waals surface area contributed by atoms with Gasteiger partial charge in [0, 0.05) is 11.6 Å². The predicted molar refractivity (Wildman–Crippen MR) is 67.0 cm³/mol. The maximum atomic E-state index is 13.5. The zero-order valence-corrected chi connectivity index (χ0v) is 10.8. The molecular formula is C14H21F2N. The van der Waals surface area contributed by atoms with Gasteiger partial charge in [0.05, 0.1) is 0 Å². The minimum Gasteiger partial charge on any atom is -0.314 e. The van der Waals surface area contributed by atoms with Crippen LogP contribution in [0, 0.1) is 17.6 Å². The van der Waals surface area contributed by atoms with Gasteiger partial charge in [-0.1, -0.05) is 19.9 Å². The van der Waals surface area contributed by atoms with Crippen LogP contribution in [0.2, 0.25) is 0 Å². The smallest absolute Gasteiger partial charge is 0.129 e. The van der Waals surface area contributed by atoms with Gasteiger partial charge in [-0.3, -0.25) is 0 Å². The summed E-state index contributed by atoms with van der Waals surface area (Å²) in [5.41, 5.74) is 0.199. The molecular weight excluding hydrogens is 220 g/mol. The third kappa shape index (κ3) is 4.08. The number of benzene rings is 1. The van der Waals surface area contributed by atoms with Crippen molar-refractivity contribution in [3.05, 3.63) is 35.4 Å². The Kier molecular flexibility index (Phi) is 5.56. The largest absolute Gasteiger partial charge is 0.314 e. The highest BCUT2D eigenvalue weighted by Gasteiger charge is 2.16. The molecule has 1 nitrogen and oxygen atoms in total. The van der Waals surface area contributed by atoms with E-state index >= 15 is 0 Å². The first-order valence-corrected chi connectivity index (χ1v) is 6.22. The summed E-state index contributed by atoms with van der Waals surface area (Å²) >= 11 is 0. The molecule has 17 heavy (non-hydrogen) atoms. The summed E-state index contributed by atoms with van der Waals surface area (Å²) in [5, 5.41) is 3.35. The Bertz CT molecular complexity index is 332. The highest BCUT2D eigenvalue weighted by molar-refractivity contribution is 5.20. The standard InChI is InChI=1S/C14H21F2N/c1-4-8-17-11(3)10(2)9-12-13(15)6-5-7-14(12)16/h5-7,10-11,17H,4,8-9H2,1-3H3. The zero-order chi connectivity index (χ0) is 12.8. The number of hydrogen-bond donors (Lipinski definition) is 1. The van der Waals surface area contributed by atoms with Crippen molar-refractivity contribution in [1.29, 1.82) is 0 Å². The van der Waals surface area contributed by atoms with Gasteiger partial charge in [-0.05, 0) is 44.4 Å². The molecule has 0 aliphatic heterocycles. The SMILES string of the molecule is CCCNC(C)C(C)Cc1c(F)cccc1F. The van der Waals surface area contributed by atoms with Gasteiger partial charge in [0.25, 0.3) is 0 Å². The molecule has 0 fully saturated rings. The summed E-state index contributed by atoms with van der Waals surface area (Å²) in [6.45, 7) is 7.10. The average molecular weight is 241 g/mol. The molecule has 2 unspecified atom stereocenters.